The predicted octanol–water partition coefficient (Wildman–Crippen LogP) is -1.71. The van der Waals surface area contributed by atoms with Crippen LogP contribution in [0.25, 0.3) is 0 Å². The fourth-order valence-electron chi connectivity index (χ4n) is 2.34. The molecule has 0 aliphatic carbocycles. The Kier molecular flexibility index (Phi) is 5.97. The van der Waals surface area contributed by atoms with Crippen LogP contribution in [0.15, 0.2) is 18.2 Å². The van der Waals surface area contributed by atoms with Crippen LogP contribution in [0.5, 0.6) is 11.5 Å². The molecule has 1 saturated heterocycles. The van der Waals surface area contributed by atoms with Crippen molar-refractivity contribution in [2.24, 2.45) is 0 Å². The van der Waals surface area contributed by atoms with Crippen molar-refractivity contribution >= 4 is 5.97 Å². The number of carbonyl (C=O) groups is 1. The molecule has 9 nitrogen and oxygen atoms in total. The second-order valence-electron chi connectivity index (χ2n) is 5.36. The van der Waals surface area contributed by atoms with Crippen LogP contribution in [0.1, 0.15) is 5.56 Å². The van der Waals surface area contributed by atoms with Crippen molar-refractivity contribution in [3.8, 4) is 11.5 Å². The number of aromatic hydroxyl groups is 1. The summed E-state index contributed by atoms with van der Waals surface area (Å²) >= 11 is 0. The van der Waals surface area contributed by atoms with E-state index in [0.717, 1.165) is 0 Å². The summed E-state index contributed by atoms with van der Waals surface area (Å²) in [5, 5.41) is 48.2. The number of benzene rings is 1. The van der Waals surface area contributed by atoms with Crippen LogP contribution >= 0.6 is 0 Å². The van der Waals surface area contributed by atoms with E-state index in [-0.39, 0.29) is 23.5 Å². The summed E-state index contributed by atoms with van der Waals surface area (Å²) in [5.41, 5.74) is 0.277. The van der Waals surface area contributed by atoms with Crippen molar-refractivity contribution in [1.82, 2.24) is 0 Å². The number of phenols is 1. The zero-order valence-electron chi connectivity index (χ0n) is 12.9. The summed E-state index contributed by atoms with van der Waals surface area (Å²) < 4.78 is 15.3. The third-order valence-electron chi connectivity index (χ3n) is 3.70. The highest BCUT2D eigenvalue weighted by molar-refractivity contribution is 5.73. The van der Waals surface area contributed by atoms with Gasteiger partial charge in [-0.25, -0.2) is 0 Å². The molecule has 1 aliphatic rings. The van der Waals surface area contributed by atoms with Crippen LogP contribution in [-0.2, 0) is 20.7 Å². The largest absolute Gasteiger partial charge is 0.508 e. The molecule has 0 unspecified atom stereocenters. The molecule has 1 fully saturated rings. The Labute approximate surface area is 137 Å². The summed E-state index contributed by atoms with van der Waals surface area (Å²) in [6.45, 7) is -0.588. The highest BCUT2D eigenvalue weighted by atomic mass is 16.7. The summed E-state index contributed by atoms with van der Waals surface area (Å²) in [6, 6.07) is 3.95. The number of carbonyl (C=O) groups excluding carboxylic acids is 1. The molecular formula is C15H20O9. The monoisotopic (exact) mass is 344 g/mol. The van der Waals surface area contributed by atoms with E-state index < -0.39 is 43.3 Å². The second-order valence-corrected chi connectivity index (χ2v) is 5.36. The van der Waals surface area contributed by atoms with Crippen LogP contribution < -0.4 is 4.74 Å². The van der Waals surface area contributed by atoms with Gasteiger partial charge >= 0.3 is 5.97 Å². The number of rotatable bonds is 5. The van der Waals surface area contributed by atoms with Crippen LogP contribution in [0, 0.1) is 0 Å². The van der Waals surface area contributed by atoms with Gasteiger partial charge in [-0.3, -0.25) is 4.79 Å². The fourth-order valence-corrected chi connectivity index (χ4v) is 2.34. The number of aliphatic hydroxyl groups is 4. The molecule has 9 heteroatoms. The maximum Gasteiger partial charge on any atom is 0.310 e. The Balaban J connectivity index is 2.21. The third kappa shape index (κ3) is 3.94. The standard InChI is InChI=1S/C15H20O9/c1-22-11(18)5-7-4-8(17)2-3-9(7)23-15-14(21)13(20)12(19)10(6-16)24-15/h2-4,10,12-17,19-21H,5-6H2,1H3/t10-,12-,13+,14-,15-/m1/s1. The Morgan fingerprint density at radius 2 is 1.92 bits per heavy atom. The molecule has 0 spiro atoms. The molecule has 5 atom stereocenters. The lowest BCUT2D eigenvalue weighted by Crippen LogP contribution is -2.60. The molecule has 0 aromatic heterocycles. The molecule has 1 heterocycles. The van der Waals surface area contributed by atoms with Gasteiger partial charge in [0.05, 0.1) is 20.1 Å². The SMILES string of the molecule is COC(=O)Cc1cc(O)ccc1O[C@@H]1O[C@H](CO)[C@@H](O)[C@H](O)[C@H]1O. The lowest BCUT2D eigenvalue weighted by Gasteiger charge is -2.39. The highest BCUT2D eigenvalue weighted by Crippen LogP contribution is 2.29. The minimum Gasteiger partial charge on any atom is -0.508 e. The van der Waals surface area contributed by atoms with E-state index in [1.807, 2.05) is 0 Å². The minimum absolute atomic E-state index is 0.102. The first kappa shape index (κ1) is 18.4. The summed E-state index contributed by atoms with van der Waals surface area (Å²) in [7, 11) is 1.21. The second kappa shape index (κ2) is 7.77. The van der Waals surface area contributed by atoms with E-state index >= 15 is 0 Å². The average Bonchev–Trinajstić information content (AvgIpc) is 2.57. The number of aliphatic hydroxyl groups excluding tert-OH is 4. The van der Waals surface area contributed by atoms with Gasteiger partial charge in [0.15, 0.2) is 0 Å². The van der Waals surface area contributed by atoms with E-state index in [1.54, 1.807) is 0 Å². The quantitative estimate of drug-likeness (QED) is 0.394. The van der Waals surface area contributed by atoms with Crippen molar-refractivity contribution in [3.63, 3.8) is 0 Å². The van der Waals surface area contributed by atoms with Gasteiger partial charge in [0.2, 0.25) is 6.29 Å². The number of esters is 1. The molecule has 0 radical (unpaired) electrons. The van der Waals surface area contributed by atoms with Gasteiger partial charge in [0.25, 0.3) is 0 Å². The lowest BCUT2D eigenvalue weighted by molar-refractivity contribution is -0.277. The van der Waals surface area contributed by atoms with E-state index in [4.69, 9.17) is 14.6 Å². The molecule has 1 aromatic rings. The first-order valence-electron chi connectivity index (χ1n) is 7.23. The van der Waals surface area contributed by atoms with Crippen LogP contribution in [0.4, 0.5) is 0 Å². The van der Waals surface area contributed by atoms with E-state index in [2.05, 4.69) is 4.74 Å². The summed E-state index contributed by atoms with van der Waals surface area (Å²) in [5.74, 6) is -0.558. The molecule has 2 rings (SSSR count). The maximum absolute atomic E-state index is 11.4. The molecule has 1 aromatic carbocycles. The van der Waals surface area contributed by atoms with E-state index in [0.29, 0.717) is 0 Å². The number of hydrogen-bond donors (Lipinski definition) is 5. The first-order valence-corrected chi connectivity index (χ1v) is 7.23. The molecule has 5 N–H and O–H groups in total. The van der Waals surface area contributed by atoms with Gasteiger partial charge in [-0.1, -0.05) is 0 Å². The van der Waals surface area contributed by atoms with Crippen LogP contribution in [0.2, 0.25) is 0 Å². The normalized spacial score (nSPS) is 30.0. The van der Waals surface area contributed by atoms with Crippen molar-refractivity contribution < 1.29 is 44.5 Å². The van der Waals surface area contributed by atoms with Crippen molar-refractivity contribution in [3.05, 3.63) is 23.8 Å². The van der Waals surface area contributed by atoms with Gasteiger partial charge in [0.1, 0.15) is 35.9 Å². The summed E-state index contributed by atoms with van der Waals surface area (Å²) in [4.78, 5) is 11.4. The maximum atomic E-state index is 11.4. The number of methoxy groups -OCH3 is 1. The molecule has 0 saturated carbocycles. The Morgan fingerprint density at radius 3 is 2.54 bits per heavy atom. The van der Waals surface area contributed by atoms with Crippen molar-refractivity contribution in [2.75, 3.05) is 13.7 Å². The molecule has 0 bridgehead atoms. The molecule has 24 heavy (non-hydrogen) atoms. The van der Waals surface area contributed by atoms with Gasteiger partial charge in [0, 0.05) is 5.56 Å². The summed E-state index contributed by atoms with van der Waals surface area (Å²) in [6.07, 6.45) is -7.36. The van der Waals surface area contributed by atoms with Crippen LogP contribution in [0.3, 0.4) is 0 Å². The third-order valence-corrected chi connectivity index (χ3v) is 3.70. The number of ether oxygens (including phenoxy) is 3. The molecular weight excluding hydrogens is 324 g/mol. The lowest BCUT2D eigenvalue weighted by atomic mass is 9.99. The molecule has 0 amide bonds. The zero-order chi connectivity index (χ0) is 17.9. The number of hydrogen-bond acceptors (Lipinski definition) is 9. The van der Waals surface area contributed by atoms with Crippen LogP contribution in [-0.4, -0.2) is 75.9 Å². The smallest absolute Gasteiger partial charge is 0.310 e. The van der Waals surface area contributed by atoms with Crippen molar-refractivity contribution in [2.45, 2.75) is 37.1 Å². The van der Waals surface area contributed by atoms with Gasteiger partial charge in [-0.2, -0.15) is 0 Å². The molecule has 1 aliphatic heterocycles. The Bertz CT molecular complexity index is 574. The average molecular weight is 344 g/mol. The van der Waals surface area contributed by atoms with Gasteiger partial charge in [-0.15, -0.1) is 0 Å². The van der Waals surface area contributed by atoms with E-state index in [9.17, 15) is 25.2 Å². The van der Waals surface area contributed by atoms with Gasteiger partial charge in [-0.05, 0) is 18.2 Å². The first-order chi connectivity index (χ1) is 11.4. The number of phenolic OH excluding ortho intramolecular Hbond substituents is 1. The zero-order valence-corrected chi connectivity index (χ0v) is 12.9. The topological polar surface area (TPSA) is 146 Å². The minimum atomic E-state index is -1.58. The van der Waals surface area contributed by atoms with Crippen molar-refractivity contribution in [1.29, 1.82) is 0 Å². The fraction of sp³-hybridized carbons (Fsp3) is 0.533. The van der Waals surface area contributed by atoms with Gasteiger partial charge < -0.3 is 39.7 Å². The molecule has 134 valence electrons. The Morgan fingerprint density at radius 1 is 1.21 bits per heavy atom. The highest BCUT2D eigenvalue weighted by Gasteiger charge is 2.44. The van der Waals surface area contributed by atoms with E-state index in [1.165, 1.54) is 25.3 Å². The predicted molar refractivity (Wildman–Crippen MR) is 78.2 cm³/mol. The Hall–Kier alpha value is -1.91.